The molecule has 0 saturated heterocycles. The quantitative estimate of drug-likeness (QED) is 0.144. The van der Waals surface area contributed by atoms with Gasteiger partial charge >= 0.3 is 0 Å². The molecule has 0 aliphatic heterocycles. The number of benzene rings is 1. The van der Waals surface area contributed by atoms with E-state index >= 15 is 4.39 Å². The SMILES string of the molecule is C/C(=N\O)c1ccc(N)[n+](C(=N)[C@@H](C)c2c(F)cc3ncc(-c4cnn(C)c4)cc3c2F)n1. The summed E-state index contributed by atoms with van der Waals surface area (Å²) in [4.78, 5) is 4.20. The number of fused-ring (bicyclic) bond motifs is 1. The molecular formula is C22H21F2N8O+. The number of hydrogen-bond acceptors (Lipinski definition) is 7. The zero-order valence-electron chi connectivity index (χ0n) is 18.1. The number of hydrogen-bond donors (Lipinski definition) is 3. The Morgan fingerprint density at radius 2 is 2.00 bits per heavy atom. The molecule has 3 heterocycles. The highest BCUT2D eigenvalue weighted by Gasteiger charge is 2.29. The second kappa shape index (κ2) is 8.34. The van der Waals surface area contributed by atoms with E-state index in [2.05, 4.69) is 20.3 Å². The number of oxime groups is 1. The first-order chi connectivity index (χ1) is 15.7. The Morgan fingerprint density at radius 1 is 1.24 bits per heavy atom. The van der Waals surface area contributed by atoms with Crippen LogP contribution in [0, 0.1) is 17.0 Å². The average molecular weight is 451 g/mol. The summed E-state index contributed by atoms with van der Waals surface area (Å²) in [6, 6.07) is 5.71. The van der Waals surface area contributed by atoms with E-state index in [0.29, 0.717) is 5.56 Å². The lowest BCUT2D eigenvalue weighted by atomic mass is 9.95. The molecule has 3 aromatic heterocycles. The van der Waals surface area contributed by atoms with Crippen LogP contribution in [-0.4, -0.2) is 36.6 Å². The van der Waals surface area contributed by atoms with E-state index in [1.54, 1.807) is 30.2 Å². The minimum absolute atomic E-state index is 0.0866. The van der Waals surface area contributed by atoms with Crippen LogP contribution in [0.25, 0.3) is 22.0 Å². The molecule has 0 spiro atoms. The van der Waals surface area contributed by atoms with Crippen molar-refractivity contribution in [2.24, 2.45) is 12.2 Å². The summed E-state index contributed by atoms with van der Waals surface area (Å²) in [5.41, 5.74) is 7.62. The molecule has 0 fully saturated rings. The van der Waals surface area contributed by atoms with E-state index in [1.165, 1.54) is 32.2 Å². The van der Waals surface area contributed by atoms with Crippen molar-refractivity contribution in [1.82, 2.24) is 19.9 Å². The summed E-state index contributed by atoms with van der Waals surface area (Å²) >= 11 is 0. The zero-order valence-corrected chi connectivity index (χ0v) is 18.1. The fourth-order valence-corrected chi connectivity index (χ4v) is 3.53. The first kappa shape index (κ1) is 21.9. The van der Waals surface area contributed by atoms with Crippen LogP contribution in [0.2, 0.25) is 0 Å². The Hall–Kier alpha value is -4.28. The summed E-state index contributed by atoms with van der Waals surface area (Å²) in [7, 11) is 1.76. The molecule has 9 nitrogen and oxygen atoms in total. The van der Waals surface area contributed by atoms with Gasteiger partial charge in [-0.05, 0) is 26.0 Å². The minimum atomic E-state index is -1.04. The lowest BCUT2D eigenvalue weighted by Crippen LogP contribution is -2.51. The molecule has 0 radical (unpaired) electrons. The lowest BCUT2D eigenvalue weighted by molar-refractivity contribution is -0.611. The summed E-state index contributed by atoms with van der Waals surface area (Å²) in [5, 5.41) is 29.0. The van der Waals surface area contributed by atoms with Crippen LogP contribution in [0.15, 0.2) is 48.0 Å². The van der Waals surface area contributed by atoms with Crippen molar-refractivity contribution in [2.75, 3.05) is 5.73 Å². The Morgan fingerprint density at radius 3 is 2.67 bits per heavy atom. The van der Waals surface area contributed by atoms with Gasteiger partial charge in [-0.25, -0.2) is 8.78 Å². The first-order valence-corrected chi connectivity index (χ1v) is 9.94. The van der Waals surface area contributed by atoms with Crippen LogP contribution >= 0.6 is 0 Å². The van der Waals surface area contributed by atoms with Gasteiger partial charge in [-0.2, -0.15) is 10.5 Å². The lowest BCUT2D eigenvalue weighted by Gasteiger charge is -2.15. The molecule has 1 aromatic carbocycles. The zero-order chi connectivity index (χ0) is 23.9. The van der Waals surface area contributed by atoms with Gasteiger partial charge in [0.2, 0.25) is 5.82 Å². The molecule has 4 N–H and O–H groups in total. The minimum Gasteiger partial charge on any atom is -0.411 e. The Labute approximate surface area is 187 Å². The Bertz CT molecular complexity index is 1430. The van der Waals surface area contributed by atoms with E-state index in [0.717, 1.165) is 16.3 Å². The topological polar surface area (TPSA) is 130 Å². The summed E-state index contributed by atoms with van der Waals surface area (Å²) in [6.45, 7) is 3.01. The molecule has 0 bridgehead atoms. The van der Waals surface area contributed by atoms with Gasteiger partial charge in [0, 0.05) is 53.7 Å². The third-order valence-corrected chi connectivity index (χ3v) is 5.41. The number of aryl methyl sites for hydroxylation is 1. The maximum absolute atomic E-state index is 15.6. The largest absolute Gasteiger partial charge is 0.411 e. The molecule has 11 heteroatoms. The molecular weight excluding hydrogens is 430 g/mol. The number of anilines is 1. The Balaban J connectivity index is 1.81. The molecule has 0 unspecified atom stereocenters. The highest BCUT2D eigenvalue weighted by molar-refractivity contribution is 5.96. The maximum atomic E-state index is 15.6. The van der Waals surface area contributed by atoms with Gasteiger partial charge < -0.3 is 10.9 Å². The van der Waals surface area contributed by atoms with Crippen molar-refractivity contribution in [3.05, 3.63) is 65.7 Å². The van der Waals surface area contributed by atoms with E-state index in [9.17, 15) is 4.39 Å². The number of rotatable bonds is 4. The van der Waals surface area contributed by atoms with Crippen molar-refractivity contribution < 1.29 is 18.7 Å². The van der Waals surface area contributed by atoms with Gasteiger partial charge in [-0.1, -0.05) is 5.16 Å². The monoisotopic (exact) mass is 451 g/mol. The number of nitrogen functional groups attached to an aromatic ring is 1. The van der Waals surface area contributed by atoms with Crippen molar-refractivity contribution in [3.63, 3.8) is 0 Å². The third kappa shape index (κ3) is 3.88. The average Bonchev–Trinajstić information content (AvgIpc) is 3.24. The predicted octanol–water partition coefficient (Wildman–Crippen LogP) is 3.01. The number of aromatic nitrogens is 5. The van der Waals surface area contributed by atoms with E-state index in [4.69, 9.17) is 16.4 Å². The molecule has 33 heavy (non-hydrogen) atoms. The number of pyridine rings is 1. The number of halogens is 2. The van der Waals surface area contributed by atoms with Gasteiger partial charge in [-0.15, -0.1) is 9.78 Å². The summed E-state index contributed by atoms with van der Waals surface area (Å²) in [5.74, 6) is -2.86. The van der Waals surface area contributed by atoms with Crippen LogP contribution in [0.4, 0.5) is 14.6 Å². The van der Waals surface area contributed by atoms with Crippen molar-refractivity contribution in [3.8, 4) is 11.1 Å². The molecule has 168 valence electrons. The van der Waals surface area contributed by atoms with Crippen molar-refractivity contribution >= 4 is 28.3 Å². The standard InChI is InChI=1S/C22H20F2N8O/c1-11(22(26)32-19(25)5-4-17(29-32)12(2)30-33)20-16(23)7-18-15(21(20)24)6-13(8-27-18)14-9-28-31(3)10-14/h4-11,25-26H,1-3H3,(H,29,33)/p+1/t11-/m0/s1. The van der Waals surface area contributed by atoms with Gasteiger partial charge in [-0.3, -0.25) is 9.67 Å². The van der Waals surface area contributed by atoms with Crippen LogP contribution in [0.3, 0.4) is 0 Å². The first-order valence-electron chi connectivity index (χ1n) is 9.94. The highest BCUT2D eigenvalue weighted by Crippen LogP contribution is 2.31. The smallest absolute Gasteiger partial charge is 0.261 e. The second-order valence-electron chi connectivity index (χ2n) is 7.63. The normalized spacial score (nSPS) is 12.8. The fourth-order valence-electron chi connectivity index (χ4n) is 3.53. The summed E-state index contributed by atoms with van der Waals surface area (Å²) in [6.07, 6.45) is 4.92. The molecule has 1 atom stereocenters. The molecule has 0 aliphatic rings. The predicted molar refractivity (Wildman–Crippen MR) is 118 cm³/mol. The van der Waals surface area contributed by atoms with Gasteiger partial charge in [0.1, 0.15) is 23.0 Å². The van der Waals surface area contributed by atoms with Crippen molar-refractivity contribution in [1.29, 1.82) is 5.41 Å². The number of nitrogens with one attached hydrogen (secondary N) is 1. The molecule has 0 saturated carbocycles. The van der Waals surface area contributed by atoms with Gasteiger partial charge in [0.15, 0.2) is 0 Å². The van der Waals surface area contributed by atoms with Crippen LogP contribution in [0.5, 0.6) is 0 Å². The number of nitrogens with zero attached hydrogens (tertiary/aromatic N) is 6. The van der Waals surface area contributed by atoms with E-state index < -0.39 is 17.6 Å². The molecule has 4 rings (SSSR count). The highest BCUT2D eigenvalue weighted by atomic mass is 19.1. The Kier molecular flexibility index (Phi) is 5.54. The number of nitrogens with two attached hydrogens (primary N) is 1. The fraction of sp³-hybridized carbons (Fsp3) is 0.182. The maximum Gasteiger partial charge on any atom is 0.261 e. The van der Waals surface area contributed by atoms with Crippen molar-refractivity contribution in [2.45, 2.75) is 19.8 Å². The van der Waals surface area contributed by atoms with E-state index in [-0.39, 0.29) is 39.5 Å². The molecule has 4 aromatic rings. The van der Waals surface area contributed by atoms with E-state index in [1.807, 2.05) is 0 Å². The van der Waals surface area contributed by atoms with Crippen LogP contribution in [0.1, 0.15) is 31.0 Å². The second-order valence-corrected chi connectivity index (χ2v) is 7.63. The summed E-state index contributed by atoms with van der Waals surface area (Å²) < 4.78 is 33.3. The van der Waals surface area contributed by atoms with Crippen LogP contribution in [-0.2, 0) is 7.05 Å². The van der Waals surface area contributed by atoms with Gasteiger partial charge in [0.25, 0.3) is 5.84 Å². The van der Waals surface area contributed by atoms with Gasteiger partial charge in [0.05, 0.1) is 17.6 Å². The third-order valence-electron chi connectivity index (χ3n) is 5.41. The molecule has 0 amide bonds. The van der Waals surface area contributed by atoms with Crippen LogP contribution < -0.4 is 10.4 Å². The molecule has 0 aliphatic carbocycles.